The molecule has 6 heteroatoms. The minimum atomic E-state index is 0.677. The van der Waals surface area contributed by atoms with Crippen molar-refractivity contribution in [3.8, 4) is 11.1 Å². The predicted molar refractivity (Wildman–Crippen MR) is 122 cm³/mol. The molecule has 1 aromatic carbocycles. The van der Waals surface area contributed by atoms with Gasteiger partial charge in [-0.05, 0) is 61.1 Å². The van der Waals surface area contributed by atoms with Crippen LogP contribution >= 0.6 is 11.6 Å². The third-order valence-electron chi connectivity index (χ3n) is 5.82. The predicted octanol–water partition coefficient (Wildman–Crippen LogP) is 5.38. The van der Waals surface area contributed by atoms with Gasteiger partial charge in [0.25, 0.3) is 0 Å². The van der Waals surface area contributed by atoms with Crippen LogP contribution in [-0.2, 0) is 13.0 Å². The smallest absolute Gasteiger partial charge is 0.129 e. The van der Waals surface area contributed by atoms with Crippen molar-refractivity contribution in [3.63, 3.8) is 0 Å². The highest BCUT2D eigenvalue weighted by molar-refractivity contribution is 6.33. The number of imidazole rings is 1. The molecule has 1 aliphatic rings. The van der Waals surface area contributed by atoms with E-state index in [0.29, 0.717) is 5.02 Å². The first-order chi connectivity index (χ1) is 14.8. The number of hydrogen-bond acceptors (Lipinski definition) is 4. The number of pyridine rings is 2. The van der Waals surface area contributed by atoms with Gasteiger partial charge in [-0.15, -0.1) is 0 Å². The minimum absolute atomic E-state index is 0.677. The van der Waals surface area contributed by atoms with Crippen LogP contribution in [0.15, 0.2) is 61.3 Å². The minimum Gasteiger partial charge on any atom is -0.357 e. The first kappa shape index (κ1) is 19.1. The van der Waals surface area contributed by atoms with Crippen LogP contribution in [0.2, 0.25) is 5.02 Å². The summed E-state index contributed by atoms with van der Waals surface area (Å²) in [4.78, 5) is 15.7. The zero-order valence-electron chi connectivity index (χ0n) is 16.8. The summed E-state index contributed by atoms with van der Waals surface area (Å²) >= 11 is 6.57. The van der Waals surface area contributed by atoms with Crippen molar-refractivity contribution in [1.82, 2.24) is 19.5 Å². The molecule has 5 nitrogen and oxygen atoms in total. The van der Waals surface area contributed by atoms with Gasteiger partial charge in [-0.1, -0.05) is 23.7 Å². The third kappa shape index (κ3) is 3.90. The number of halogens is 1. The average molecular weight is 418 g/mol. The molecule has 0 aliphatic carbocycles. The Hall–Kier alpha value is -2.92. The highest BCUT2D eigenvalue weighted by Gasteiger charge is 2.15. The van der Waals surface area contributed by atoms with Crippen LogP contribution in [0.1, 0.15) is 24.8 Å². The molecule has 4 aromatic rings. The average Bonchev–Trinajstić information content (AvgIpc) is 3.21. The van der Waals surface area contributed by atoms with Gasteiger partial charge in [-0.25, -0.2) is 9.97 Å². The van der Waals surface area contributed by atoms with Crippen LogP contribution in [0.5, 0.6) is 0 Å². The number of hydrogen-bond donors (Lipinski definition) is 0. The summed E-state index contributed by atoms with van der Waals surface area (Å²) in [7, 11) is 0. The van der Waals surface area contributed by atoms with E-state index >= 15 is 0 Å². The summed E-state index contributed by atoms with van der Waals surface area (Å²) in [6.07, 6.45) is 12.1. The maximum absolute atomic E-state index is 6.57. The van der Waals surface area contributed by atoms with Crippen LogP contribution < -0.4 is 4.90 Å². The molecule has 0 atom stereocenters. The molecule has 0 saturated carbocycles. The van der Waals surface area contributed by atoms with E-state index in [1.807, 2.05) is 18.6 Å². The molecule has 0 spiro atoms. The van der Waals surface area contributed by atoms with E-state index in [1.54, 1.807) is 12.4 Å². The van der Waals surface area contributed by atoms with Crippen LogP contribution in [0, 0.1) is 0 Å². The van der Waals surface area contributed by atoms with Gasteiger partial charge in [0.05, 0.1) is 22.4 Å². The van der Waals surface area contributed by atoms with E-state index in [4.69, 9.17) is 11.6 Å². The van der Waals surface area contributed by atoms with Crippen LogP contribution in [-0.4, -0.2) is 32.6 Å². The topological polar surface area (TPSA) is 46.8 Å². The quantitative estimate of drug-likeness (QED) is 0.437. The molecule has 1 saturated heterocycles. The lowest BCUT2D eigenvalue weighted by Crippen LogP contribution is -2.30. The number of fused-ring (bicyclic) bond motifs is 1. The summed E-state index contributed by atoms with van der Waals surface area (Å²) in [5, 5.41) is 0.677. The van der Waals surface area contributed by atoms with Gasteiger partial charge in [-0.2, -0.15) is 0 Å². The zero-order chi connectivity index (χ0) is 20.3. The standard InChI is InChI=1S/C24H24ClN5/c25-21-16-27-24(29-10-2-1-3-11-29)14-20(21)19-6-7-22-23(13-19)30(17-28-22)12-8-18-5-4-9-26-15-18/h4-7,9,13-17H,1-3,8,10-12H2. The van der Waals surface area contributed by atoms with Crippen molar-refractivity contribution >= 4 is 28.5 Å². The summed E-state index contributed by atoms with van der Waals surface area (Å²) in [5.41, 5.74) is 5.44. The van der Waals surface area contributed by atoms with E-state index < -0.39 is 0 Å². The lowest BCUT2D eigenvalue weighted by atomic mass is 10.1. The third-order valence-corrected chi connectivity index (χ3v) is 6.12. The molecule has 5 rings (SSSR count). The van der Waals surface area contributed by atoms with Crippen molar-refractivity contribution in [2.24, 2.45) is 0 Å². The Morgan fingerprint density at radius 3 is 2.70 bits per heavy atom. The number of benzene rings is 1. The van der Waals surface area contributed by atoms with E-state index in [-0.39, 0.29) is 0 Å². The first-order valence-electron chi connectivity index (χ1n) is 10.5. The SMILES string of the molecule is Clc1cnc(N2CCCCC2)cc1-c1ccc2ncn(CCc3cccnc3)c2c1. The van der Waals surface area contributed by atoms with Crippen LogP contribution in [0.4, 0.5) is 5.82 Å². The van der Waals surface area contributed by atoms with Crippen LogP contribution in [0.25, 0.3) is 22.2 Å². The highest BCUT2D eigenvalue weighted by Crippen LogP contribution is 2.33. The fourth-order valence-electron chi connectivity index (χ4n) is 4.14. The van der Waals surface area contributed by atoms with Gasteiger partial charge in [0.15, 0.2) is 0 Å². The van der Waals surface area contributed by atoms with E-state index in [0.717, 1.165) is 54.0 Å². The second-order valence-electron chi connectivity index (χ2n) is 7.82. The molecule has 4 heterocycles. The number of aryl methyl sites for hydroxylation is 2. The molecular weight excluding hydrogens is 394 g/mol. The second kappa shape index (κ2) is 8.44. The molecular formula is C24H24ClN5. The summed E-state index contributed by atoms with van der Waals surface area (Å²) in [5.74, 6) is 1.01. The first-order valence-corrected chi connectivity index (χ1v) is 10.9. The highest BCUT2D eigenvalue weighted by atomic mass is 35.5. The summed E-state index contributed by atoms with van der Waals surface area (Å²) < 4.78 is 2.20. The van der Waals surface area contributed by atoms with E-state index in [9.17, 15) is 0 Å². The number of nitrogens with zero attached hydrogens (tertiary/aromatic N) is 5. The molecule has 30 heavy (non-hydrogen) atoms. The Balaban J connectivity index is 1.46. The molecule has 152 valence electrons. The lowest BCUT2D eigenvalue weighted by Gasteiger charge is -2.28. The van der Waals surface area contributed by atoms with Crippen molar-refractivity contribution in [3.05, 3.63) is 71.9 Å². The van der Waals surface area contributed by atoms with Gasteiger partial charge in [-0.3, -0.25) is 4.98 Å². The monoisotopic (exact) mass is 417 g/mol. The van der Waals surface area contributed by atoms with Crippen LogP contribution in [0.3, 0.4) is 0 Å². The number of piperidine rings is 1. The maximum atomic E-state index is 6.57. The molecule has 3 aromatic heterocycles. The van der Waals surface area contributed by atoms with Gasteiger partial charge in [0, 0.05) is 43.8 Å². The molecule has 1 aliphatic heterocycles. The summed E-state index contributed by atoms with van der Waals surface area (Å²) in [6, 6.07) is 12.6. The van der Waals surface area contributed by atoms with Crippen molar-refractivity contribution in [2.75, 3.05) is 18.0 Å². The fraction of sp³-hybridized carbons (Fsp3) is 0.292. The Labute approximate surface area is 181 Å². The molecule has 0 amide bonds. The number of aromatic nitrogens is 4. The second-order valence-corrected chi connectivity index (χ2v) is 8.23. The molecule has 0 bridgehead atoms. The molecule has 0 unspecified atom stereocenters. The summed E-state index contributed by atoms with van der Waals surface area (Å²) in [6.45, 7) is 2.98. The van der Waals surface area contributed by atoms with Gasteiger partial charge in [0.2, 0.25) is 0 Å². The van der Waals surface area contributed by atoms with Gasteiger partial charge in [0.1, 0.15) is 5.82 Å². The Bertz CT molecular complexity index is 1150. The van der Waals surface area contributed by atoms with Crippen molar-refractivity contribution in [1.29, 1.82) is 0 Å². The molecule has 0 radical (unpaired) electrons. The Kier molecular flexibility index (Phi) is 5.37. The Morgan fingerprint density at radius 1 is 0.967 bits per heavy atom. The van der Waals surface area contributed by atoms with Crippen molar-refractivity contribution in [2.45, 2.75) is 32.2 Å². The largest absolute Gasteiger partial charge is 0.357 e. The van der Waals surface area contributed by atoms with Gasteiger partial charge < -0.3 is 9.47 Å². The lowest BCUT2D eigenvalue weighted by molar-refractivity contribution is 0.573. The Morgan fingerprint density at radius 2 is 1.87 bits per heavy atom. The maximum Gasteiger partial charge on any atom is 0.129 e. The van der Waals surface area contributed by atoms with E-state index in [2.05, 4.69) is 54.8 Å². The fourth-order valence-corrected chi connectivity index (χ4v) is 4.36. The number of rotatable bonds is 5. The number of anilines is 1. The normalized spacial score (nSPS) is 14.4. The van der Waals surface area contributed by atoms with Crippen molar-refractivity contribution < 1.29 is 0 Å². The molecule has 0 N–H and O–H groups in total. The van der Waals surface area contributed by atoms with Gasteiger partial charge >= 0.3 is 0 Å². The zero-order valence-corrected chi connectivity index (χ0v) is 17.6. The molecule has 1 fully saturated rings. The van der Waals surface area contributed by atoms with E-state index in [1.165, 1.54) is 24.8 Å².